The van der Waals surface area contributed by atoms with Crippen LogP contribution in [0.5, 0.6) is 5.75 Å². The lowest BCUT2D eigenvalue weighted by atomic mass is 10.0. The predicted molar refractivity (Wildman–Crippen MR) is 121 cm³/mol. The molecule has 35 heavy (non-hydrogen) atoms. The van der Waals surface area contributed by atoms with Crippen LogP contribution in [0.2, 0.25) is 0 Å². The SMILES string of the molecule is CNC(=O)c1cnc2c(c1)n(C)c(=O)c(=O)n2C1CCN(Cc2ccc(OC(F)(F)F)cc2)CC1. The lowest BCUT2D eigenvalue weighted by Gasteiger charge is -2.33. The molecule has 1 aliphatic heterocycles. The number of nitrogens with zero attached hydrogens (tertiary/aromatic N) is 4. The molecule has 2 aromatic heterocycles. The minimum Gasteiger partial charge on any atom is -0.406 e. The van der Waals surface area contributed by atoms with E-state index in [1.807, 2.05) is 0 Å². The molecule has 1 amide bonds. The maximum Gasteiger partial charge on any atom is 0.573 e. The van der Waals surface area contributed by atoms with Gasteiger partial charge in [0.05, 0.1) is 11.1 Å². The van der Waals surface area contributed by atoms with Crippen molar-refractivity contribution in [2.24, 2.45) is 7.05 Å². The number of ether oxygens (including phenoxy) is 1. The molecule has 186 valence electrons. The number of halogens is 3. The first-order chi connectivity index (χ1) is 16.6. The Kier molecular flexibility index (Phi) is 6.66. The molecule has 1 N–H and O–H groups in total. The summed E-state index contributed by atoms with van der Waals surface area (Å²) < 4.78 is 43.5. The highest BCUT2D eigenvalue weighted by molar-refractivity contribution is 5.96. The van der Waals surface area contributed by atoms with Crippen molar-refractivity contribution in [1.29, 1.82) is 0 Å². The van der Waals surface area contributed by atoms with E-state index >= 15 is 0 Å². The van der Waals surface area contributed by atoms with Gasteiger partial charge in [0.25, 0.3) is 5.91 Å². The number of hydrogen-bond donors (Lipinski definition) is 1. The first kappa shape index (κ1) is 24.5. The number of hydrogen-bond acceptors (Lipinski definition) is 6. The van der Waals surface area contributed by atoms with Crippen LogP contribution in [0.1, 0.15) is 34.8 Å². The minimum atomic E-state index is -4.73. The Balaban J connectivity index is 1.51. The third-order valence-electron chi connectivity index (χ3n) is 6.12. The van der Waals surface area contributed by atoms with Crippen LogP contribution in [-0.2, 0) is 13.6 Å². The molecule has 4 rings (SSSR count). The number of likely N-dealkylation sites (tertiary alicyclic amines) is 1. The van der Waals surface area contributed by atoms with E-state index in [-0.39, 0.29) is 23.3 Å². The molecule has 0 radical (unpaired) electrons. The molecule has 0 spiro atoms. The van der Waals surface area contributed by atoms with Gasteiger partial charge in [0.2, 0.25) is 0 Å². The van der Waals surface area contributed by atoms with Crippen LogP contribution in [-0.4, -0.2) is 51.4 Å². The van der Waals surface area contributed by atoms with Crippen molar-refractivity contribution in [2.75, 3.05) is 20.1 Å². The van der Waals surface area contributed by atoms with Crippen LogP contribution in [0.4, 0.5) is 13.2 Å². The molecule has 0 aliphatic carbocycles. The van der Waals surface area contributed by atoms with Crippen LogP contribution in [0.25, 0.3) is 11.2 Å². The summed E-state index contributed by atoms with van der Waals surface area (Å²) in [5, 5.41) is 2.51. The van der Waals surface area contributed by atoms with Crippen LogP contribution < -0.4 is 21.2 Å². The van der Waals surface area contributed by atoms with Crippen LogP contribution >= 0.6 is 0 Å². The zero-order valence-electron chi connectivity index (χ0n) is 19.1. The molecular weight excluding hydrogens is 467 g/mol. The van der Waals surface area contributed by atoms with E-state index in [0.29, 0.717) is 43.6 Å². The molecular formula is C23H24F3N5O4. The fraction of sp³-hybridized carbons (Fsp3) is 0.391. The van der Waals surface area contributed by atoms with Crippen molar-refractivity contribution in [3.05, 3.63) is 68.4 Å². The van der Waals surface area contributed by atoms with Gasteiger partial charge in [-0.05, 0) is 36.6 Å². The number of aromatic nitrogens is 3. The summed E-state index contributed by atoms with van der Waals surface area (Å²) in [6.45, 7) is 1.76. The molecule has 0 saturated carbocycles. The summed E-state index contributed by atoms with van der Waals surface area (Å²) in [5.74, 6) is -0.625. The molecule has 0 bridgehead atoms. The van der Waals surface area contributed by atoms with Crippen LogP contribution in [0.15, 0.2) is 46.1 Å². The average Bonchev–Trinajstić information content (AvgIpc) is 2.83. The molecule has 1 saturated heterocycles. The smallest absolute Gasteiger partial charge is 0.406 e. The number of nitrogens with one attached hydrogen (secondary N) is 1. The largest absolute Gasteiger partial charge is 0.573 e. The molecule has 1 aromatic carbocycles. The van der Waals surface area contributed by atoms with Gasteiger partial charge < -0.3 is 14.6 Å². The summed E-state index contributed by atoms with van der Waals surface area (Å²) in [6, 6.07) is 7.01. The van der Waals surface area contributed by atoms with E-state index in [1.54, 1.807) is 18.2 Å². The van der Waals surface area contributed by atoms with E-state index in [1.165, 1.54) is 41.6 Å². The molecule has 12 heteroatoms. The maximum absolute atomic E-state index is 12.9. The Morgan fingerprint density at radius 3 is 2.40 bits per heavy atom. The Morgan fingerprint density at radius 2 is 1.80 bits per heavy atom. The molecule has 1 fully saturated rings. The second-order valence-corrected chi connectivity index (χ2v) is 8.38. The summed E-state index contributed by atoms with van der Waals surface area (Å²) in [7, 11) is 2.96. The number of fused-ring (bicyclic) bond motifs is 1. The Labute approximate surface area is 197 Å². The topological polar surface area (TPSA) is 98.5 Å². The van der Waals surface area contributed by atoms with Gasteiger partial charge in [-0.2, -0.15) is 0 Å². The van der Waals surface area contributed by atoms with Gasteiger partial charge in [0.15, 0.2) is 5.65 Å². The van der Waals surface area contributed by atoms with E-state index in [2.05, 4.69) is 19.9 Å². The second kappa shape index (κ2) is 9.53. The third kappa shape index (κ3) is 5.21. The highest BCUT2D eigenvalue weighted by atomic mass is 19.4. The number of amides is 1. The summed E-state index contributed by atoms with van der Waals surface area (Å²) in [4.78, 5) is 44.0. The van der Waals surface area contributed by atoms with Crippen molar-refractivity contribution in [3.8, 4) is 5.75 Å². The van der Waals surface area contributed by atoms with Crippen molar-refractivity contribution in [2.45, 2.75) is 31.8 Å². The standard InChI is InChI=1S/C23H24F3N5O4/c1-27-20(32)15-11-18-19(28-12-15)31(22(34)21(33)29(18)2)16-7-9-30(10-8-16)13-14-3-5-17(6-4-14)35-23(24,25)26/h3-6,11-12,16H,7-10,13H2,1-2H3,(H,27,32). The number of pyridine rings is 1. The predicted octanol–water partition coefficient (Wildman–Crippen LogP) is 2.19. The van der Waals surface area contributed by atoms with E-state index in [0.717, 1.165) is 5.56 Å². The summed E-state index contributed by atoms with van der Waals surface area (Å²) >= 11 is 0. The Bertz CT molecular complexity index is 1360. The van der Waals surface area contributed by atoms with Gasteiger partial charge in [-0.25, -0.2) is 4.98 Å². The first-order valence-corrected chi connectivity index (χ1v) is 11.0. The van der Waals surface area contributed by atoms with E-state index in [4.69, 9.17) is 0 Å². The molecule has 3 aromatic rings. The van der Waals surface area contributed by atoms with Gasteiger partial charge >= 0.3 is 17.5 Å². The molecule has 3 heterocycles. The van der Waals surface area contributed by atoms with E-state index in [9.17, 15) is 27.6 Å². The number of carbonyl (C=O) groups excluding carboxylic acids is 1. The quantitative estimate of drug-likeness (QED) is 0.550. The van der Waals surface area contributed by atoms with Gasteiger partial charge in [0.1, 0.15) is 5.75 Å². The first-order valence-electron chi connectivity index (χ1n) is 11.0. The maximum atomic E-state index is 12.9. The summed E-state index contributed by atoms with van der Waals surface area (Å²) in [5.41, 5.74) is 0.470. The minimum absolute atomic E-state index is 0.254. The number of benzene rings is 1. The Hall–Kier alpha value is -3.67. The number of alkyl halides is 3. The number of aryl methyl sites for hydroxylation is 1. The molecule has 1 aliphatic rings. The van der Waals surface area contributed by atoms with E-state index < -0.39 is 17.5 Å². The van der Waals surface area contributed by atoms with Gasteiger partial charge in [0, 0.05) is 46.0 Å². The highest BCUT2D eigenvalue weighted by Crippen LogP contribution is 2.26. The monoisotopic (exact) mass is 491 g/mol. The lowest BCUT2D eigenvalue weighted by molar-refractivity contribution is -0.274. The van der Waals surface area contributed by atoms with Crippen molar-refractivity contribution >= 4 is 17.1 Å². The van der Waals surface area contributed by atoms with Crippen molar-refractivity contribution in [1.82, 2.24) is 24.3 Å². The van der Waals surface area contributed by atoms with Crippen molar-refractivity contribution in [3.63, 3.8) is 0 Å². The average molecular weight is 491 g/mol. The number of rotatable bonds is 5. The molecule has 0 unspecified atom stereocenters. The van der Waals surface area contributed by atoms with Crippen LogP contribution in [0.3, 0.4) is 0 Å². The highest BCUT2D eigenvalue weighted by Gasteiger charge is 2.31. The normalized spacial score (nSPS) is 15.3. The zero-order chi connectivity index (χ0) is 25.3. The van der Waals surface area contributed by atoms with Gasteiger partial charge in [-0.3, -0.25) is 23.9 Å². The third-order valence-corrected chi connectivity index (χ3v) is 6.12. The summed E-state index contributed by atoms with van der Waals surface area (Å²) in [6.07, 6.45) is -2.20. The zero-order valence-corrected chi connectivity index (χ0v) is 19.1. The van der Waals surface area contributed by atoms with Crippen LogP contribution in [0, 0.1) is 0 Å². The second-order valence-electron chi connectivity index (χ2n) is 8.38. The number of carbonyl (C=O) groups is 1. The number of piperidine rings is 1. The fourth-order valence-corrected chi connectivity index (χ4v) is 4.33. The van der Waals surface area contributed by atoms with Gasteiger partial charge in [-0.1, -0.05) is 12.1 Å². The van der Waals surface area contributed by atoms with Crippen molar-refractivity contribution < 1.29 is 22.7 Å². The Morgan fingerprint density at radius 1 is 1.14 bits per heavy atom. The lowest BCUT2D eigenvalue weighted by Crippen LogP contribution is -2.45. The van der Waals surface area contributed by atoms with Gasteiger partial charge in [-0.15, -0.1) is 13.2 Å². The fourth-order valence-electron chi connectivity index (χ4n) is 4.33. The molecule has 0 atom stereocenters. The molecule has 9 nitrogen and oxygen atoms in total.